The molecule has 0 heterocycles. The fourth-order valence-electron chi connectivity index (χ4n) is 2.27. The van der Waals surface area contributed by atoms with Gasteiger partial charge in [-0.1, -0.05) is 32.3 Å². The van der Waals surface area contributed by atoms with Gasteiger partial charge in [0.2, 0.25) is 0 Å². The number of aliphatic carboxylic acids is 1. The van der Waals surface area contributed by atoms with E-state index >= 15 is 0 Å². The van der Waals surface area contributed by atoms with Crippen molar-refractivity contribution in [3.63, 3.8) is 0 Å². The number of carboxylic acids is 1. The lowest BCUT2D eigenvalue weighted by Gasteiger charge is -2.37. The Bertz CT molecular complexity index is 202. The first kappa shape index (κ1) is 10.3. The molecule has 0 aromatic carbocycles. The van der Waals surface area contributed by atoms with Crippen LogP contribution in [-0.4, -0.2) is 11.1 Å². The summed E-state index contributed by atoms with van der Waals surface area (Å²) in [5.74, 6) is -0.980. The molecule has 0 spiro atoms. The zero-order valence-corrected chi connectivity index (χ0v) is 8.25. The summed E-state index contributed by atoms with van der Waals surface area (Å²) in [5, 5.41) is 8.98. The van der Waals surface area contributed by atoms with Gasteiger partial charge >= 0.3 is 5.97 Å². The predicted octanol–water partition coefficient (Wildman–Crippen LogP) is 2.84. The van der Waals surface area contributed by atoms with Crippen molar-refractivity contribution in [2.45, 2.75) is 39.0 Å². The summed E-state index contributed by atoms with van der Waals surface area (Å²) in [6, 6.07) is 0. The van der Waals surface area contributed by atoms with Crippen molar-refractivity contribution < 1.29 is 9.90 Å². The summed E-state index contributed by atoms with van der Waals surface area (Å²) in [6.45, 7) is 5.60. The predicted molar refractivity (Wildman–Crippen MR) is 52.5 cm³/mol. The molecule has 1 aliphatic rings. The lowest BCUT2D eigenvalue weighted by Crippen LogP contribution is -2.34. The zero-order chi connectivity index (χ0) is 9.90. The number of carboxylic acid groups (broad SMARTS) is 1. The fourth-order valence-corrected chi connectivity index (χ4v) is 2.27. The van der Waals surface area contributed by atoms with E-state index in [1.54, 1.807) is 6.92 Å². The minimum absolute atomic E-state index is 0.135. The minimum Gasteiger partial charge on any atom is -0.481 e. The molecular formula is C11H18O2. The largest absolute Gasteiger partial charge is 0.481 e. The molecule has 1 unspecified atom stereocenters. The van der Waals surface area contributed by atoms with E-state index in [0.717, 1.165) is 25.7 Å². The Balaban J connectivity index is 2.78. The molecule has 0 amide bonds. The molecule has 74 valence electrons. The SMILES string of the molecule is C=CC1(C(C)C(=O)O)CCCCC1. The Kier molecular flexibility index (Phi) is 3.12. The maximum Gasteiger partial charge on any atom is 0.307 e. The van der Waals surface area contributed by atoms with Crippen LogP contribution in [0.5, 0.6) is 0 Å². The van der Waals surface area contributed by atoms with Crippen LogP contribution in [0.1, 0.15) is 39.0 Å². The number of hydrogen-bond acceptors (Lipinski definition) is 1. The number of hydrogen-bond donors (Lipinski definition) is 1. The first-order chi connectivity index (χ1) is 6.12. The molecule has 1 atom stereocenters. The smallest absolute Gasteiger partial charge is 0.307 e. The highest BCUT2D eigenvalue weighted by Crippen LogP contribution is 2.43. The van der Waals surface area contributed by atoms with E-state index in [9.17, 15) is 4.79 Å². The molecule has 2 heteroatoms. The van der Waals surface area contributed by atoms with E-state index in [0.29, 0.717) is 0 Å². The van der Waals surface area contributed by atoms with Crippen LogP contribution in [0.4, 0.5) is 0 Å². The van der Waals surface area contributed by atoms with Crippen LogP contribution < -0.4 is 0 Å². The first-order valence-electron chi connectivity index (χ1n) is 4.99. The van der Waals surface area contributed by atoms with Crippen LogP contribution in [0, 0.1) is 11.3 Å². The Hall–Kier alpha value is -0.790. The van der Waals surface area contributed by atoms with Gasteiger partial charge in [-0.15, -0.1) is 6.58 Å². The number of carbonyl (C=O) groups is 1. The van der Waals surface area contributed by atoms with E-state index in [1.807, 2.05) is 6.08 Å². The van der Waals surface area contributed by atoms with Gasteiger partial charge < -0.3 is 5.11 Å². The van der Waals surface area contributed by atoms with Crippen LogP contribution in [0.15, 0.2) is 12.7 Å². The molecule has 1 fully saturated rings. The molecule has 0 aromatic rings. The number of allylic oxidation sites excluding steroid dienone is 1. The molecule has 0 aliphatic heterocycles. The maximum absolute atomic E-state index is 10.9. The molecule has 0 aromatic heterocycles. The second-order valence-corrected chi connectivity index (χ2v) is 4.06. The quantitative estimate of drug-likeness (QED) is 0.681. The summed E-state index contributed by atoms with van der Waals surface area (Å²) < 4.78 is 0. The standard InChI is InChI=1S/C11H18O2/c1-3-11(9(2)10(12)13)7-5-4-6-8-11/h3,9H,1,4-8H2,2H3,(H,12,13). The van der Waals surface area contributed by atoms with E-state index in [4.69, 9.17) is 5.11 Å². The Labute approximate surface area is 79.6 Å². The highest BCUT2D eigenvalue weighted by Gasteiger charge is 2.38. The first-order valence-corrected chi connectivity index (χ1v) is 4.99. The third-order valence-corrected chi connectivity index (χ3v) is 3.42. The van der Waals surface area contributed by atoms with E-state index < -0.39 is 5.97 Å². The van der Waals surface area contributed by atoms with Crippen LogP contribution in [0.2, 0.25) is 0 Å². The summed E-state index contributed by atoms with van der Waals surface area (Å²) in [4.78, 5) is 10.9. The van der Waals surface area contributed by atoms with Gasteiger partial charge in [-0.25, -0.2) is 0 Å². The lowest BCUT2D eigenvalue weighted by molar-refractivity contribution is -0.145. The van der Waals surface area contributed by atoms with Crippen LogP contribution in [0.3, 0.4) is 0 Å². The van der Waals surface area contributed by atoms with Gasteiger partial charge in [0.05, 0.1) is 5.92 Å². The van der Waals surface area contributed by atoms with Crippen molar-refractivity contribution in [1.82, 2.24) is 0 Å². The van der Waals surface area contributed by atoms with Crippen molar-refractivity contribution in [3.05, 3.63) is 12.7 Å². The Morgan fingerprint density at radius 2 is 2.00 bits per heavy atom. The molecular weight excluding hydrogens is 164 g/mol. The zero-order valence-electron chi connectivity index (χ0n) is 8.25. The molecule has 1 aliphatic carbocycles. The van der Waals surface area contributed by atoms with Gasteiger partial charge in [0.25, 0.3) is 0 Å². The van der Waals surface area contributed by atoms with Crippen molar-refractivity contribution in [2.75, 3.05) is 0 Å². The molecule has 1 rings (SSSR count). The average molecular weight is 182 g/mol. The third kappa shape index (κ3) is 1.93. The fraction of sp³-hybridized carbons (Fsp3) is 0.727. The molecule has 0 bridgehead atoms. The molecule has 0 radical (unpaired) electrons. The van der Waals surface area contributed by atoms with Gasteiger partial charge in [-0.05, 0) is 12.8 Å². The van der Waals surface area contributed by atoms with Crippen LogP contribution in [0.25, 0.3) is 0 Å². The van der Waals surface area contributed by atoms with Gasteiger partial charge in [-0.2, -0.15) is 0 Å². The molecule has 0 saturated heterocycles. The van der Waals surface area contributed by atoms with E-state index in [2.05, 4.69) is 6.58 Å². The van der Waals surface area contributed by atoms with Gasteiger partial charge in [0.1, 0.15) is 0 Å². The van der Waals surface area contributed by atoms with E-state index in [-0.39, 0.29) is 11.3 Å². The normalized spacial score (nSPS) is 23.5. The maximum atomic E-state index is 10.9. The monoisotopic (exact) mass is 182 g/mol. The van der Waals surface area contributed by atoms with Gasteiger partial charge in [0.15, 0.2) is 0 Å². The second-order valence-electron chi connectivity index (χ2n) is 4.06. The topological polar surface area (TPSA) is 37.3 Å². The summed E-state index contributed by atoms with van der Waals surface area (Å²) in [5.41, 5.74) is -0.135. The van der Waals surface area contributed by atoms with Crippen molar-refractivity contribution in [3.8, 4) is 0 Å². The van der Waals surface area contributed by atoms with Crippen LogP contribution >= 0.6 is 0 Å². The lowest BCUT2D eigenvalue weighted by atomic mass is 9.66. The van der Waals surface area contributed by atoms with Crippen molar-refractivity contribution in [1.29, 1.82) is 0 Å². The summed E-state index contributed by atoms with van der Waals surface area (Å²) in [6.07, 6.45) is 7.37. The van der Waals surface area contributed by atoms with Gasteiger partial charge in [0, 0.05) is 5.41 Å². The average Bonchev–Trinajstić information content (AvgIpc) is 2.17. The second kappa shape index (κ2) is 3.95. The molecule has 1 N–H and O–H groups in total. The van der Waals surface area contributed by atoms with Gasteiger partial charge in [-0.3, -0.25) is 4.79 Å². The summed E-state index contributed by atoms with van der Waals surface area (Å²) >= 11 is 0. The highest BCUT2D eigenvalue weighted by atomic mass is 16.4. The molecule has 1 saturated carbocycles. The third-order valence-electron chi connectivity index (χ3n) is 3.42. The summed E-state index contributed by atoms with van der Waals surface area (Å²) in [7, 11) is 0. The van der Waals surface area contributed by atoms with Crippen molar-refractivity contribution >= 4 is 5.97 Å². The molecule has 2 nitrogen and oxygen atoms in total. The Morgan fingerprint density at radius 3 is 2.38 bits per heavy atom. The van der Waals surface area contributed by atoms with Crippen LogP contribution in [-0.2, 0) is 4.79 Å². The van der Waals surface area contributed by atoms with Crippen molar-refractivity contribution in [2.24, 2.45) is 11.3 Å². The number of rotatable bonds is 3. The highest BCUT2D eigenvalue weighted by molar-refractivity contribution is 5.71. The Morgan fingerprint density at radius 1 is 1.46 bits per heavy atom. The van der Waals surface area contributed by atoms with E-state index in [1.165, 1.54) is 6.42 Å². The minimum atomic E-state index is -0.693. The molecule has 13 heavy (non-hydrogen) atoms.